The Morgan fingerprint density at radius 2 is 2.50 bits per heavy atom. The van der Waals surface area contributed by atoms with Crippen molar-refractivity contribution in [1.82, 2.24) is 4.73 Å². The predicted molar refractivity (Wildman–Crippen MR) is 33.9 cm³/mol. The molecule has 4 nitrogen and oxygen atoms in total. The van der Waals surface area contributed by atoms with Crippen molar-refractivity contribution in [3.63, 3.8) is 0 Å². The normalized spacial score (nSPS) is 9.30. The number of hydrogen-bond acceptors (Lipinski definition) is 2. The van der Waals surface area contributed by atoms with Crippen molar-refractivity contribution in [2.75, 3.05) is 7.11 Å². The number of rotatable bonds is 2. The smallest absolute Gasteiger partial charge is 0.337 e. The minimum absolute atomic E-state index is 0.224. The summed E-state index contributed by atoms with van der Waals surface area (Å²) in [5, 5.41) is 8.42. The lowest BCUT2D eigenvalue weighted by atomic mass is 10.4. The Balaban J connectivity index is 2.88. The fraction of sp³-hybridized carbons (Fsp3) is 0.167. The first-order valence-electron chi connectivity index (χ1n) is 2.70. The molecule has 0 fully saturated rings. The summed E-state index contributed by atoms with van der Waals surface area (Å²) >= 11 is 0. The molecule has 4 heteroatoms. The fourth-order valence-corrected chi connectivity index (χ4v) is 0.617. The lowest BCUT2D eigenvalue weighted by Gasteiger charge is -1.95. The van der Waals surface area contributed by atoms with Gasteiger partial charge in [-0.2, -0.15) is 4.73 Å². The van der Waals surface area contributed by atoms with Crippen molar-refractivity contribution < 1.29 is 14.7 Å². The van der Waals surface area contributed by atoms with Gasteiger partial charge in [0.05, 0.1) is 11.8 Å². The lowest BCUT2D eigenvalue weighted by Crippen LogP contribution is -2.02. The molecule has 1 rings (SSSR count). The second-order valence-corrected chi connectivity index (χ2v) is 1.75. The summed E-state index contributed by atoms with van der Waals surface area (Å²) in [4.78, 5) is 15.0. The third-order valence-corrected chi connectivity index (χ3v) is 1.13. The Morgan fingerprint density at radius 1 is 1.80 bits per heavy atom. The van der Waals surface area contributed by atoms with Crippen molar-refractivity contribution in [2.24, 2.45) is 0 Å². The molecule has 0 aliphatic rings. The highest BCUT2D eigenvalue weighted by atomic mass is 16.6. The molecule has 10 heavy (non-hydrogen) atoms. The third kappa shape index (κ3) is 1.10. The van der Waals surface area contributed by atoms with Gasteiger partial charge in [0.25, 0.3) is 0 Å². The van der Waals surface area contributed by atoms with Crippen LogP contribution >= 0.6 is 0 Å². The average Bonchev–Trinajstić information content (AvgIpc) is 2.34. The summed E-state index contributed by atoms with van der Waals surface area (Å²) < 4.78 is 1.32. The van der Waals surface area contributed by atoms with E-state index >= 15 is 0 Å². The third-order valence-electron chi connectivity index (χ3n) is 1.13. The van der Waals surface area contributed by atoms with Gasteiger partial charge in [0.15, 0.2) is 0 Å². The molecular weight excluding hydrogens is 134 g/mol. The highest BCUT2D eigenvalue weighted by molar-refractivity contribution is 5.87. The van der Waals surface area contributed by atoms with E-state index in [4.69, 9.17) is 9.94 Å². The van der Waals surface area contributed by atoms with E-state index in [1.807, 2.05) is 0 Å². The highest BCUT2D eigenvalue weighted by Crippen LogP contribution is 1.97. The van der Waals surface area contributed by atoms with Crippen LogP contribution in [0, 0.1) is 0 Å². The summed E-state index contributed by atoms with van der Waals surface area (Å²) in [5.41, 5.74) is 0.224. The molecule has 1 aromatic heterocycles. The number of carboxylic acids is 1. The van der Waals surface area contributed by atoms with Crippen LogP contribution in [-0.4, -0.2) is 22.9 Å². The zero-order chi connectivity index (χ0) is 7.56. The molecule has 54 valence electrons. The Labute approximate surface area is 57.6 Å². The van der Waals surface area contributed by atoms with Crippen molar-refractivity contribution in [2.45, 2.75) is 0 Å². The Morgan fingerprint density at radius 3 is 2.80 bits per heavy atom. The van der Waals surface area contributed by atoms with Crippen LogP contribution in [0.2, 0.25) is 0 Å². The van der Waals surface area contributed by atoms with Crippen LogP contribution in [0.4, 0.5) is 0 Å². The van der Waals surface area contributed by atoms with Crippen LogP contribution in [0.5, 0.6) is 0 Å². The van der Waals surface area contributed by atoms with Gasteiger partial charge in [-0.1, -0.05) is 0 Å². The van der Waals surface area contributed by atoms with Crippen LogP contribution in [0.25, 0.3) is 0 Å². The molecule has 0 bridgehead atoms. The minimum atomic E-state index is -0.948. The van der Waals surface area contributed by atoms with Crippen LogP contribution < -0.4 is 4.84 Å². The summed E-state index contributed by atoms with van der Waals surface area (Å²) in [6, 6.07) is 1.46. The molecule has 0 atom stereocenters. The van der Waals surface area contributed by atoms with Crippen LogP contribution in [0.3, 0.4) is 0 Å². The zero-order valence-corrected chi connectivity index (χ0v) is 5.44. The molecule has 0 aliphatic carbocycles. The predicted octanol–water partition coefficient (Wildman–Crippen LogP) is 0.245. The lowest BCUT2D eigenvalue weighted by molar-refractivity contribution is 0.0694. The quantitative estimate of drug-likeness (QED) is 0.642. The van der Waals surface area contributed by atoms with Gasteiger partial charge < -0.3 is 9.94 Å². The molecule has 1 N–H and O–H groups in total. The van der Waals surface area contributed by atoms with Crippen molar-refractivity contribution >= 4 is 5.97 Å². The van der Waals surface area contributed by atoms with Gasteiger partial charge in [0, 0.05) is 6.20 Å². The van der Waals surface area contributed by atoms with Gasteiger partial charge in [0.1, 0.15) is 7.11 Å². The van der Waals surface area contributed by atoms with Crippen LogP contribution in [0.1, 0.15) is 10.4 Å². The first kappa shape index (κ1) is 6.67. The fourth-order valence-electron chi connectivity index (χ4n) is 0.617. The van der Waals surface area contributed by atoms with E-state index in [0.717, 1.165) is 0 Å². The maximum absolute atomic E-state index is 10.3. The topological polar surface area (TPSA) is 51.5 Å². The molecular formula is C6H7NO3. The molecule has 0 aromatic carbocycles. The molecule has 0 amide bonds. The molecule has 0 aliphatic heterocycles. The van der Waals surface area contributed by atoms with Gasteiger partial charge in [0.2, 0.25) is 0 Å². The Kier molecular flexibility index (Phi) is 1.62. The highest BCUT2D eigenvalue weighted by Gasteiger charge is 2.02. The van der Waals surface area contributed by atoms with Gasteiger partial charge in [-0.25, -0.2) is 4.79 Å². The molecule has 0 saturated heterocycles. The van der Waals surface area contributed by atoms with Crippen molar-refractivity contribution in [1.29, 1.82) is 0 Å². The SMILES string of the molecule is COn1ccc(C(=O)O)c1. The molecule has 1 heterocycles. The van der Waals surface area contributed by atoms with Gasteiger partial charge in [-0.3, -0.25) is 0 Å². The molecule has 0 radical (unpaired) electrons. The monoisotopic (exact) mass is 141 g/mol. The molecule has 1 aromatic rings. The second-order valence-electron chi connectivity index (χ2n) is 1.75. The van der Waals surface area contributed by atoms with E-state index in [-0.39, 0.29) is 5.56 Å². The van der Waals surface area contributed by atoms with Gasteiger partial charge >= 0.3 is 5.97 Å². The average molecular weight is 141 g/mol. The van der Waals surface area contributed by atoms with Gasteiger partial charge in [-0.15, -0.1) is 0 Å². The van der Waals surface area contributed by atoms with Gasteiger partial charge in [-0.05, 0) is 6.07 Å². The van der Waals surface area contributed by atoms with Crippen molar-refractivity contribution in [3.8, 4) is 0 Å². The standard InChI is InChI=1S/C6H7NO3/c1-10-7-3-2-5(4-7)6(8)9/h2-4H,1H3,(H,8,9). The summed E-state index contributed by atoms with van der Waals surface area (Å²) in [5.74, 6) is -0.948. The molecule has 0 unspecified atom stereocenters. The number of nitrogens with zero attached hydrogens (tertiary/aromatic N) is 1. The maximum atomic E-state index is 10.3. The molecule has 0 saturated carbocycles. The van der Waals surface area contributed by atoms with Crippen LogP contribution in [-0.2, 0) is 0 Å². The number of carbonyl (C=O) groups is 1. The maximum Gasteiger partial charge on any atom is 0.337 e. The minimum Gasteiger partial charge on any atom is -0.478 e. The van der Waals surface area contributed by atoms with E-state index in [2.05, 4.69) is 0 Å². The Bertz CT molecular complexity index is 241. The zero-order valence-electron chi connectivity index (χ0n) is 5.44. The largest absolute Gasteiger partial charge is 0.478 e. The summed E-state index contributed by atoms with van der Waals surface area (Å²) in [7, 11) is 1.46. The van der Waals surface area contributed by atoms with E-state index in [9.17, 15) is 4.79 Å². The second kappa shape index (κ2) is 2.43. The summed E-state index contributed by atoms with van der Waals surface area (Å²) in [6.45, 7) is 0. The first-order chi connectivity index (χ1) is 4.74. The number of carboxylic acid groups (broad SMARTS) is 1. The van der Waals surface area contributed by atoms with E-state index in [1.54, 1.807) is 0 Å². The number of aromatic carboxylic acids is 1. The van der Waals surface area contributed by atoms with Crippen LogP contribution in [0.15, 0.2) is 18.5 Å². The first-order valence-corrected chi connectivity index (χ1v) is 2.70. The Hall–Kier alpha value is -1.45. The summed E-state index contributed by atoms with van der Waals surface area (Å²) in [6.07, 6.45) is 2.92. The number of hydrogen-bond donors (Lipinski definition) is 1. The van der Waals surface area contributed by atoms with E-state index in [1.165, 1.54) is 30.3 Å². The van der Waals surface area contributed by atoms with E-state index < -0.39 is 5.97 Å². The van der Waals surface area contributed by atoms with E-state index in [0.29, 0.717) is 0 Å². The van der Waals surface area contributed by atoms with Crippen molar-refractivity contribution in [3.05, 3.63) is 24.0 Å². The molecule has 0 spiro atoms. The number of aromatic nitrogens is 1.